The van der Waals surface area contributed by atoms with E-state index in [1.54, 1.807) is 36.1 Å². The molecule has 0 atom stereocenters. The highest BCUT2D eigenvalue weighted by molar-refractivity contribution is 7.14. The molecule has 0 aliphatic rings. The topological polar surface area (TPSA) is 59.5 Å². The van der Waals surface area contributed by atoms with Crippen LogP contribution in [0.15, 0.2) is 53.9 Å². The van der Waals surface area contributed by atoms with Crippen LogP contribution in [0.4, 0.5) is 10.8 Å². The van der Waals surface area contributed by atoms with Crippen LogP contribution >= 0.6 is 11.3 Å². The van der Waals surface area contributed by atoms with Gasteiger partial charge in [0.15, 0.2) is 5.13 Å². The molecule has 0 aliphatic heterocycles. The van der Waals surface area contributed by atoms with Crippen molar-refractivity contribution < 1.29 is 14.3 Å². The van der Waals surface area contributed by atoms with Crippen LogP contribution in [0.25, 0.3) is 0 Å². The molecule has 27 heavy (non-hydrogen) atoms. The summed E-state index contributed by atoms with van der Waals surface area (Å²) in [6, 6.07) is 14.7. The highest BCUT2D eigenvalue weighted by Gasteiger charge is 2.20. The van der Waals surface area contributed by atoms with E-state index >= 15 is 0 Å². The first kappa shape index (κ1) is 18.8. The van der Waals surface area contributed by atoms with Crippen molar-refractivity contribution in [3.05, 3.63) is 70.7 Å². The summed E-state index contributed by atoms with van der Waals surface area (Å²) in [4.78, 5) is 29.2. The zero-order valence-corrected chi connectivity index (χ0v) is 16.0. The second-order valence-corrected chi connectivity index (χ2v) is 6.77. The average Bonchev–Trinajstić information content (AvgIpc) is 3.15. The number of hydrogen-bond acceptors (Lipinski definition) is 5. The van der Waals surface area contributed by atoms with Gasteiger partial charge in [0, 0.05) is 17.9 Å². The first-order valence-corrected chi connectivity index (χ1v) is 9.51. The maximum Gasteiger partial charge on any atom is 0.230 e. The number of aryl methyl sites for hydroxylation is 1. The third kappa shape index (κ3) is 4.41. The first-order chi connectivity index (χ1) is 13.1. The third-order valence-corrected chi connectivity index (χ3v) is 4.94. The van der Waals surface area contributed by atoms with E-state index in [2.05, 4.69) is 11.9 Å². The van der Waals surface area contributed by atoms with Crippen LogP contribution in [-0.4, -0.2) is 17.2 Å². The maximum atomic E-state index is 12.3. The third-order valence-electron chi connectivity index (χ3n) is 4.06. The van der Waals surface area contributed by atoms with Gasteiger partial charge in [0.2, 0.25) is 5.91 Å². The van der Waals surface area contributed by atoms with Crippen LogP contribution in [0, 0.1) is 0 Å². The van der Waals surface area contributed by atoms with Gasteiger partial charge in [-0.2, -0.15) is 0 Å². The normalized spacial score (nSPS) is 10.4. The Kier molecular flexibility index (Phi) is 5.98. The lowest BCUT2D eigenvalue weighted by Gasteiger charge is -2.20. The van der Waals surface area contributed by atoms with Crippen molar-refractivity contribution in [2.24, 2.45) is 0 Å². The summed E-state index contributed by atoms with van der Waals surface area (Å²) in [5.74, 6) is 0.581. The lowest BCUT2D eigenvalue weighted by atomic mass is 10.1. The number of aromatic nitrogens is 1. The Hall–Kier alpha value is -2.99. The van der Waals surface area contributed by atoms with E-state index in [4.69, 9.17) is 4.74 Å². The summed E-state index contributed by atoms with van der Waals surface area (Å²) in [5.41, 5.74) is 3.30. The van der Waals surface area contributed by atoms with Crippen LogP contribution in [0.3, 0.4) is 0 Å². The van der Waals surface area contributed by atoms with E-state index in [1.807, 2.05) is 29.6 Å². The molecule has 1 aromatic heterocycles. The van der Waals surface area contributed by atoms with Crippen LogP contribution < -0.4 is 9.64 Å². The average molecular weight is 380 g/mol. The van der Waals surface area contributed by atoms with Gasteiger partial charge in [-0.15, -0.1) is 11.3 Å². The van der Waals surface area contributed by atoms with E-state index in [-0.39, 0.29) is 12.5 Å². The van der Waals surface area contributed by atoms with Crippen molar-refractivity contribution in [2.75, 3.05) is 4.90 Å². The van der Waals surface area contributed by atoms with Crippen LogP contribution in [0.5, 0.6) is 5.75 Å². The minimum absolute atomic E-state index is 0.0813. The number of nitrogens with zero attached hydrogens (tertiary/aromatic N) is 2. The Bertz CT molecular complexity index is 935. The second-order valence-electron chi connectivity index (χ2n) is 5.93. The minimum Gasteiger partial charge on any atom is -0.487 e. The number of thiazole rings is 1. The lowest BCUT2D eigenvalue weighted by molar-refractivity contribution is -0.115. The van der Waals surface area contributed by atoms with Gasteiger partial charge in [-0.1, -0.05) is 25.1 Å². The number of carbonyl (C=O) groups excluding carboxylic acids is 2. The molecule has 138 valence electrons. The molecule has 0 saturated carbocycles. The SMILES string of the molecule is CCc1ccccc1N(C(C)=O)c1nc(COc2ccc(C=O)cc2)cs1. The summed E-state index contributed by atoms with van der Waals surface area (Å²) >= 11 is 1.41. The highest BCUT2D eigenvalue weighted by Crippen LogP contribution is 2.32. The van der Waals surface area contributed by atoms with Gasteiger partial charge in [0.1, 0.15) is 18.6 Å². The van der Waals surface area contributed by atoms with Gasteiger partial charge in [-0.3, -0.25) is 14.5 Å². The molecule has 6 heteroatoms. The van der Waals surface area contributed by atoms with Gasteiger partial charge in [-0.25, -0.2) is 4.98 Å². The Balaban J connectivity index is 1.77. The van der Waals surface area contributed by atoms with E-state index in [0.717, 1.165) is 29.7 Å². The number of benzene rings is 2. The van der Waals surface area contributed by atoms with Gasteiger partial charge in [0.25, 0.3) is 0 Å². The van der Waals surface area contributed by atoms with Crippen molar-refractivity contribution in [1.29, 1.82) is 0 Å². The molecule has 0 saturated heterocycles. The number of carbonyl (C=O) groups is 2. The summed E-state index contributed by atoms with van der Waals surface area (Å²) in [7, 11) is 0. The number of para-hydroxylation sites is 1. The van der Waals surface area contributed by atoms with E-state index in [0.29, 0.717) is 16.4 Å². The lowest BCUT2D eigenvalue weighted by Crippen LogP contribution is -2.23. The molecule has 0 N–H and O–H groups in total. The predicted molar refractivity (Wildman–Crippen MR) is 107 cm³/mol. The highest BCUT2D eigenvalue weighted by atomic mass is 32.1. The van der Waals surface area contributed by atoms with E-state index < -0.39 is 0 Å². The summed E-state index contributed by atoms with van der Waals surface area (Å²) in [6.45, 7) is 3.89. The summed E-state index contributed by atoms with van der Waals surface area (Å²) in [6.07, 6.45) is 1.62. The number of aldehydes is 1. The smallest absolute Gasteiger partial charge is 0.230 e. The number of hydrogen-bond donors (Lipinski definition) is 0. The first-order valence-electron chi connectivity index (χ1n) is 8.63. The monoisotopic (exact) mass is 380 g/mol. The quantitative estimate of drug-likeness (QED) is 0.554. The zero-order valence-electron chi connectivity index (χ0n) is 15.2. The molecule has 5 nitrogen and oxygen atoms in total. The Morgan fingerprint density at radius 2 is 1.93 bits per heavy atom. The largest absolute Gasteiger partial charge is 0.487 e. The van der Waals surface area contributed by atoms with Crippen molar-refractivity contribution in [2.45, 2.75) is 26.9 Å². The molecule has 3 aromatic rings. The molecular weight excluding hydrogens is 360 g/mol. The number of anilines is 2. The Labute approximate surface area is 162 Å². The standard InChI is InChI=1S/C21H20N2O3S/c1-3-17-6-4-5-7-20(17)23(15(2)25)21-22-18(14-27-21)13-26-19-10-8-16(12-24)9-11-19/h4-12,14H,3,13H2,1-2H3. The molecule has 1 amide bonds. The molecule has 0 fully saturated rings. The van der Waals surface area contributed by atoms with Gasteiger partial charge < -0.3 is 4.74 Å². The molecule has 1 heterocycles. The second kappa shape index (κ2) is 8.60. The maximum absolute atomic E-state index is 12.3. The molecule has 2 aromatic carbocycles. The van der Waals surface area contributed by atoms with Gasteiger partial charge >= 0.3 is 0 Å². The Morgan fingerprint density at radius 3 is 2.59 bits per heavy atom. The number of amides is 1. The summed E-state index contributed by atoms with van der Waals surface area (Å²) < 4.78 is 5.72. The number of ether oxygens (including phenoxy) is 1. The molecule has 0 aliphatic carbocycles. The predicted octanol–water partition coefficient (Wildman–Crippen LogP) is 4.78. The van der Waals surface area contributed by atoms with Crippen LogP contribution in [-0.2, 0) is 17.8 Å². The minimum atomic E-state index is -0.0813. The Morgan fingerprint density at radius 1 is 1.19 bits per heavy atom. The number of rotatable bonds is 7. The van der Waals surface area contributed by atoms with Crippen molar-refractivity contribution in [1.82, 2.24) is 4.98 Å². The molecule has 0 radical (unpaired) electrons. The van der Waals surface area contributed by atoms with Crippen molar-refractivity contribution in [3.63, 3.8) is 0 Å². The fourth-order valence-corrected chi connectivity index (χ4v) is 3.56. The molecular formula is C21H20N2O3S. The fourth-order valence-electron chi connectivity index (χ4n) is 2.70. The molecule has 3 rings (SSSR count). The van der Waals surface area contributed by atoms with Crippen molar-refractivity contribution in [3.8, 4) is 5.75 Å². The zero-order chi connectivity index (χ0) is 19.2. The molecule has 0 unspecified atom stereocenters. The van der Waals surface area contributed by atoms with Crippen molar-refractivity contribution >= 4 is 34.3 Å². The van der Waals surface area contributed by atoms with Gasteiger partial charge in [-0.05, 0) is 42.3 Å². The fraction of sp³-hybridized carbons (Fsp3) is 0.190. The van der Waals surface area contributed by atoms with Gasteiger partial charge in [0.05, 0.1) is 11.4 Å². The van der Waals surface area contributed by atoms with Crippen LogP contribution in [0.2, 0.25) is 0 Å². The van der Waals surface area contributed by atoms with E-state index in [9.17, 15) is 9.59 Å². The van der Waals surface area contributed by atoms with E-state index in [1.165, 1.54) is 11.3 Å². The summed E-state index contributed by atoms with van der Waals surface area (Å²) in [5, 5.41) is 2.51. The van der Waals surface area contributed by atoms with Crippen LogP contribution in [0.1, 0.15) is 35.5 Å². The molecule has 0 bridgehead atoms. The molecule has 0 spiro atoms.